The van der Waals surface area contributed by atoms with Crippen LogP contribution in [-0.4, -0.2) is 99.0 Å². The van der Waals surface area contributed by atoms with Gasteiger partial charge in [-0.25, -0.2) is 39.9 Å². The minimum Gasteiger partial charge on any atom is -0.497 e. The number of anilines is 8. The summed E-state index contributed by atoms with van der Waals surface area (Å²) in [6, 6.07) is 81.9. The van der Waals surface area contributed by atoms with Crippen molar-refractivity contribution in [3.8, 4) is 71.0 Å². The van der Waals surface area contributed by atoms with Gasteiger partial charge in [-0.05, 0) is 223 Å². The molecule has 0 atom stereocenters. The predicted octanol–water partition coefficient (Wildman–Crippen LogP) is 21.5. The van der Waals surface area contributed by atoms with E-state index >= 15 is 0 Å². The summed E-state index contributed by atoms with van der Waals surface area (Å²) in [6.07, 6.45) is 6.75. The lowest BCUT2D eigenvalue weighted by Gasteiger charge is -2.08. The molecular formula is C93H79Cl3N16O9S4. The summed E-state index contributed by atoms with van der Waals surface area (Å²) in [5.41, 5.74) is 10.1. The number of ether oxygens (including phenoxy) is 5. The minimum atomic E-state index is -0.151. The molecule has 0 fully saturated rings. The van der Waals surface area contributed by atoms with Crippen molar-refractivity contribution in [2.24, 2.45) is 0 Å². The zero-order valence-electron chi connectivity index (χ0n) is 67.6. The van der Waals surface area contributed by atoms with Crippen molar-refractivity contribution < 1.29 is 42.9 Å². The Labute approximate surface area is 751 Å². The van der Waals surface area contributed by atoms with E-state index in [9.17, 15) is 19.2 Å². The highest BCUT2D eigenvalue weighted by Crippen LogP contribution is 2.34. The summed E-state index contributed by atoms with van der Waals surface area (Å²) in [5.74, 6) is 5.20. The molecule has 16 rings (SSSR count). The Morgan fingerprint density at radius 3 is 0.952 bits per heavy atom. The Morgan fingerprint density at radius 2 is 0.616 bits per heavy atom. The molecule has 4 amide bonds. The lowest BCUT2D eigenvalue weighted by atomic mass is 10.2. The standard InChI is InChI=1S/C24H22N4O3S.3C23H19ClN4O2S/c1-30-18-9-7-17(8-10-18)27-24-25-14-13-19(28-24)21-11-12-22(32-21)23(29)26-15-16-5-3-4-6-20(16)31-2;1-30-18-8-6-17(7-9-18)27-23-25-13-12-19(28-23)20-10-11-21(31-20)22(29)26-14-15-2-4-16(24)5-3-15;1-30-18-7-5-17(6-8-18)27-23-25-12-11-19(28-23)20-9-10-21(31-20)22(29)26-14-15-3-2-4-16(24)13-15;1-30-17-8-6-16(7-9-17)27-23-25-13-12-19(28-23)20-10-11-21(31-20)22(29)26-14-15-4-2-3-5-18(15)24/h3-14H,15H2,1-2H3,(H,26,29)(H,25,27,28);3*2-13H,14H2,1H3,(H,26,29)(H,25,27,28). The molecule has 0 aliphatic heterocycles. The van der Waals surface area contributed by atoms with Crippen LogP contribution in [0.5, 0.6) is 28.7 Å². The number of methoxy groups -OCH3 is 5. The molecular weight excluding hydrogens is 1720 g/mol. The van der Waals surface area contributed by atoms with Crippen LogP contribution in [0.1, 0.15) is 60.9 Å². The Kier molecular flexibility index (Phi) is 31.6. The number of carbonyl (C=O) groups excluding carboxylic acids is 4. The Balaban J connectivity index is 0.000000143. The number of nitrogens with one attached hydrogen (secondary N) is 8. The van der Waals surface area contributed by atoms with Gasteiger partial charge in [-0.2, -0.15) is 0 Å². The van der Waals surface area contributed by atoms with E-state index < -0.39 is 0 Å². The average Bonchev–Trinajstić information content (AvgIpc) is 1.70. The number of hydrogen-bond acceptors (Lipinski definition) is 25. The summed E-state index contributed by atoms with van der Waals surface area (Å²) in [6.45, 7) is 1.61. The Morgan fingerprint density at radius 1 is 0.296 bits per heavy atom. The second kappa shape index (κ2) is 44.6. The van der Waals surface area contributed by atoms with Crippen LogP contribution in [0.15, 0.2) is 292 Å². The fourth-order valence-corrected chi connectivity index (χ4v) is 15.7. The number of nitrogens with zero attached hydrogens (tertiary/aromatic N) is 8. The summed E-state index contributed by atoms with van der Waals surface area (Å²) < 4.78 is 26.0. The Bertz CT molecular complexity index is 6290. The second-order valence-corrected chi connectivity index (χ2v) is 32.1. The van der Waals surface area contributed by atoms with Crippen molar-refractivity contribution in [3.63, 3.8) is 0 Å². The summed E-state index contributed by atoms with van der Waals surface area (Å²) in [5, 5.41) is 26.3. The zero-order chi connectivity index (χ0) is 87.2. The van der Waals surface area contributed by atoms with Crippen LogP contribution in [0.2, 0.25) is 15.1 Å². The van der Waals surface area contributed by atoms with Gasteiger partial charge >= 0.3 is 0 Å². The van der Waals surface area contributed by atoms with E-state index in [2.05, 4.69) is 82.4 Å². The van der Waals surface area contributed by atoms with Gasteiger partial charge in [0.15, 0.2) is 0 Å². The maximum atomic E-state index is 12.6. The molecule has 0 saturated heterocycles. The van der Waals surface area contributed by atoms with Gasteiger partial charge in [-0.15, -0.1) is 45.3 Å². The third-order valence-corrected chi connectivity index (χ3v) is 23.4. The van der Waals surface area contributed by atoms with Gasteiger partial charge in [0.1, 0.15) is 28.7 Å². The van der Waals surface area contributed by atoms with E-state index in [1.807, 2.05) is 218 Å². The number of aromatic nitrogens is 8. The molecule has 0 spiro atoms. The van der Waals surface area contributed by atoms with Crippen LogP contribution in [0.3, 0.4) is 0 Å². The smallest absolute Gasteiger partial charge is 0.261 e. The van der Waals surface area contributed by atoms with E-state index in [0.717, 1.165) is 116 Å². The van der Waals surface area contributed by atoms with Crippen LogP contribution < -0.4 is 66.2 Å². The van der Waals surface area contributed by atoms with Gasteiger partial charge in [0.05, 0.1) is 97.3 Å². The fourth-order valence-electron chi connectivity index (χ4n) is 11.6. The van der Waals surface area contributed by atoms with Crippen LogP contribution in [0.25, 0.3) is 42.3 Å². The van der Waals surface area contributed by atoms with E-state index in [-0.39, 0.29) is 23.6 Å². The highest BCUT2D eigenvalue weighted by Gasteiger charge is 2.19. The zero-order valence-corrected chi connectivity index (χ0v) is 73.1. The molecule has 630 valence electrons. The van der Waals surface area contributed by atoms with Crippen molar-refractivity contribution in [2.45, 2.75) is 26.2 Å². The van der Waals surface area contributed by atoms with E-state index in [1.54, 1.807) is 109 Å². The van der Waals surface area contributed by atoms with Crippen molar-refractivity contribution in [3.05, 3.63) is 349 Å². The van der Waals surface area contributed by atoms with Crippen molar-refractivity contribution in [1.82, 2.24) is 61.1 Å². The number of thiophene rings is 4. The number of carbonyl (C=O) groups is 4. The lowest BCUT2D eigenvalue weighted by molar-refractivity contribution is 0.0946. The highest BCUT2D eigenvalue weighted by atomic mass is 35.5. The second-order valence-electron chi connectivity index (χ2n) is 26.5. The van der Waals surface area contributed by atoms with Gasteiger partial charge in [0, 0.05) is 94.3 Å². The Hall–Kier alpha value is -14.2. The molecule has 16 aromatic rings. The largest absolute Gasteiger partial charge is 0.497 e. The quantitative estimate of drug-likeness (QED) is 0.0216. The average molecular weight is 1800 g/mol. The molecule has 8 aromatic carbocycles. The molecule has 0 saturated carbocycles. The van der Waals surface area contributed by atoms with Gasteiger partial charge in [0.2, 0.25) is 23.8 Å². The first-order chi connectivity index (χ1) is 61.0. The predicted molar refractivity (Wildman–Crippen MR) is 499 cm³/mol. The number of amides is 4. The third kappa shape index (κ3) is 26.0. The van der Waals surface area contributed by atoms with Crippen molar-refractivity contribution in [1.29, 1.82) is 0 Å². The number of halogens is 3. The van der Waals surface area contributed by atoms with E-state index in [0.29, 0.717) is 84.5 Å². The number of rotatable bonds is 29. The van der Waals surface area contributed by atoms with Crippen LogP contribution in [-0.2, 0) is 26.2 Å². The van der Waals surface area contributed by atoms with Crippen LogP contribution in [0, 0.1) is 0 Å². The molecule has 32 heteroatoms. The van der Waals surface area contributed by atoms with Gasteiger partial charge in [-0.1, -0.05) is 95.5 Å². The molecule has 8 heterocycles. The van der Waals surface area contributed by atoms with Crippen molar-refractivity contribution in [2.75, 3.05) is 56.8 Å². The molecule has 0 aliphatic rings. The fraction of sp³-hybridized carbons (Fsp3) is 0.0968. The normalized spacial score (nSPS) is 10.5. The summed E-state index contributed by atoms with van der Waals surface area (Å²) >= 11 is 23.6. The van der Waals surface area contributed by atoms with E-state index in [4.69, 9.17) is 58.5 Å². The molecule has 0 bridgehead atoms. The molecule has 0 radical (unpaired) electrons. The maximum Gasteiger partial charge on any atom is 0.261 e. The molecule has 125 heavy (non-hydrogen) atoms. The van der Waals surface area contributed by atoms with Gasteiger partial charge in [0.25, 0.3) is 23.6 Å². The molecule has 8 aromatic heterocycles. The number of para-hydroxylation sites is 1. The summed E-state index contributed by atoms with van der Waals surface area (Å²) in [4.78, 5) is 91.5. The first-order valence-corrected chi connectivity index (χ1v) is 42.7. The SMILES string of the molecule is COc1ccc(Nc2nccc(-c3ccc(C(=O)NCc4ccc(Cl)cc4)s3)n2)cc1.COc1ccc(Nc2nccc(-c3ccc(C(=O)NCc4cccc(Cl)c4)s3)n2)cc1.COc1ccc(Nc2nccc(-c3ccc(C(=O)NCc4ccccc4Cl)s3)n2)cc1.COc1ccc(Nc2nccc(-c3ccc(C(=O)NCc4ccccc4OC)s3)n2)cc1. The van der Waals surface area contributed by atoms with E-state index in [1.165, 1.54) is 45.3 Å². The molecule has 8 N–H and O–H groups in total. The topological polar surface area (TPSA) is 314 Å². The highest BCUT2D eigenvalue weighted by molar-refractivity contribution is 7.18. The monoisotopic (exact) mass is 1800 g/mol. The molecule has 0 unspecified atom stereocenters. The van der Waals surface area contributed by atoms with Crippen LogP contribution >= 0.6 is 80.1 Å². The first-order valence-electron chi connectivity index (χ1n) is 38.3. The maximum absolute atomic E-state index is 12.6. The third-order valence-electron chi connectivity index (χ3n) is 18.1. The first kappa shape index (κ1) is 88.6. The lowest BCUT2D eigenvalue weighted by Crippen LogP contribution is -2.22. The van der Waals surface area contributed by atoms with Gasteiger partial charge < -0.3 is 66.2 Å². The number of benzene rings is 8. The van der Waals surface area contributed by atoms with Crippen molar-refractivity contribution >= 4 is 150 Å². The molecule has 25 nitrogen and oxygen atoms in total. The minimum absolute atomic E-state index is 0.128. The number of hydrogen-bond donors (Lipinski definition) is 8. The summed E-state index contributed by atoms with van der Waals surface area (Å²) in [7, 11) is 8.13. The van der Waals surface area contributed by atoms with Crippen LogP contribution in [0.4, 0.5) is 46.5 Å². The van der Waals surface area contributed by atoms with Gasteiger partial charge in [-0.3, -0.25) is 19.2 Å². The molecule has 0 aliphatic carbocycles.